The quantitative estimate of drug-likeness (QED) is 0.388. The lowest BCUT2D eigenvalue weighted by atomic mass is 10.1. The molecule has 0 aliphatic heterocycles. The van der Waals surface area contributed by atoms with E-state index in [-0.39, 0.29) is 6.61 Å². The SMILES string of the molecule is CCCCc1ccc(-n2nnnc2SCC(O)COCc2ccc(OC)c(OC)c2)cc1. The third-order valence-corrected chi connectivity index (χ3v) is 5.94. The topological polar surface area (TPSA) is 91.5 Å². The average Bonchev–Trinajstić information content (AvgIpc) is 3.30. The van der Waals surface area contributed by atoms with Crippen molar-refractivity contribution < 1.29 is 19.3 Å². The summed E-state index contributed by atoms with van der Waals surface area (Å²) in [6, 6.07) is 13.9. The van der Waals surface area contributed by atoms with Crippen LogP contribution in [0.25, 0.3) is 5.69 Å². The van der Waals surface area contributed by atoms with Gasteiger partial charge >= 0.3 is 0 Å². The number of ether oxygens (including phenoxy) is 3. The molecule has 1 N–H and O–H groups in total. The summed E-state index contributed by atoms with van der Waals surface area (Å²) in [6.45, 7) is 2.76. The van der Waals surface area contributed by atoms with Crippen LogP contribution in [0.3, 0.4) is 0 Å². The largest absolute Gasteiger partial charge is 0.493 e. The fraction of sp³-hybridized carbons (Fsp3) is 0.435. The zero-order valence-corrected chi connectivity index (χ0v) is 19.5. The van der Waals surface area contributed by atoms with Crippen molar-refractivity contribution in [2.45, 2.75) is 44.1 Å². The van der Waals surface area contributed by atoms with Crippen LogP contribution >= 0.6 is 11.8 Å². The van der Waals surface area contributed by atoms with Gasteiger partial charge in [-0.15, -0.1) is 5.10 Å². The van der Waals surface area contributed by atoms with E-state index >= 15 is 0 Å². The van der Waals surface area contributed by atoms with E-state index in [1.54, 1.807) is 18.9 Å². The summed E-state index contributed by atoms with van der Waals surface area (Å²) in [4.78, 5) is 0. The van der Waals surface area contributed by atoms with Crippen LogP contribution in [0.15, 0.2) is 47.6 Å². The number of methoxy groups -OCH3 is 2. The maximum absolute atomic E-state index is 10.3. The van der Waals surface area contributed by atoms with Gasteiger partial charge in [0, 0.05) is 5.75 Å². The van der Waals surface area contributed by atoms with Gasteiger partial charge in [0.2, 0.25) is 5.16 Å². The molecule has 0 saturated carbocycles. The van der Waals surface area contributed by atoms with Crippen LogP contribution in [-0.4, -0.2) is 58.0 Å². The highest BCUT2D eigenvalue weighted by molar-refractivity contribution is 7.99. The van der Waals surface area contributed by atoms with E-state index in [2.05, 4.69) is 34.6 Å². The lowest BCUT2D eigenvalue weighted by Gasteiger charge is -2.12. The standard InChI is InChI=1S/C23H30N4O4S/c1-4-5-6-17-7-10-19(11-8-17)27-23(24-25-26-27)32-16-20(28)15-31-14-18-9-12-21(29-2)22(13-18)30-3/h7-13,20,28H,4-6,14-16H2,1-3H3. The molecule has 8 nitrogen and oxygen atoms in total. The van der Waals surface area contributed by atoms with E-state index in [1.165, 1.54) is 30.2 Å². The van der Waals surface area contributed by atoms with Crippen molar-refractivity contribution in [3.05, 3.63) is 53.6 Å². The van der Waals surface area contributed by atoms with E-state index in [0.717, 1.165) is 17.7 Å². The van der Waals surface area contributed by atoms with Crippen LogP contribution in [0.1, 0.15) is 30.9 Å². The smallest absolute Gasteiger partial charge is 0.214 e. The highest BCUT2D eigenvalue weighted by Crippen LogP contribution is 2.28. The van der Waals surface area contributed by atoms with Gasteiger partial charge in [0.05, 0.1) is 39.2 Å². The second-order valence-electron chi connectivity index (χ2n) is 7.31. The number of hydrogen-bond acceptors (Lipinski definition) is 8. The molecule has 9 heteroatoms. The van der Waals surface area contributed by atoms with Gasteiger partial charge in [-0.25, -0.2) is 0 Å². The summed E-state index contributed by atoms with van der Waals surface area (Å²) in [7, 11) is 3.19. The first-order chi connectivity index (χ1) is 15.6. The van der Waals surface area contributed by atoms with Gasteiger partial charge in [-0.1, -0.05) is 43.3 Å². The van der Waals surface area contributed by atoms with E-state index in [0.29, 0.717) is 29.0 Å². The minimum atomic E-state index is -0.651. The Kier molecular flexibility index (Phi) is 9.33. The number of aromatic nitrogens is 4. The first-order valence-corrected chi connectivity index (χ1v) is 11.6. The molecule has 0 fully saturated rings. The zero-order chi connectivity index (χ0) is 22.8. The molecule has 0 aliphatic rings. The maximum Gasteiger partial charge on any atom is 0.214 e. The Morgan fingerprint density at radius 1 is 1.03 bits per heavy atom. The lowest BCUT2D eigenvalue weighted by molar-refractivity contribution is 0.0397. The van der Waals surface area contributed by atoms with Crippen molar-refractivity contribution in [1.82, 2.24) is 20.2 Å². The third-order valence-electron chi connectivity index (χ3n) is 4.87. The number of tetrazole rings is 1. The van der Waals surface area contributed by atoms with Crippen LogP contribution in [0.2, 0.25) is 0 Å². The summed E-state index contributed by atoms with van der Waals surface area (Å²) < 4.78 is 17.9. The highest BCUT2D eigenvalue weighted by Gasteiger charge is 2.13. The molecule has 172 valence electrons. The molecule has 0 spiro atoms. The Hall–Kier alpha value is -2.62. The molecule has 0 aliphatic carbocycles. The summed E-state index contributed by atoms with van der Waals surface area (Å²) >= 11 is 1.39. The number of aliphatic hydroxyl groups excluding tert-OH is 1. The van der Waals surface area contributed by atoms with Crippen molar-refractivity contribution in [3.63, 3.8) is 0 Å². The minimum absolute atomic E-state index is 0.203. The number of thioether (sulfide) groups is 1. The summed E-state index contributed by atoms with van der Waals surface area (Å²) in [5.74, 6) is 1.73. The zero-order valence-electron chi connectivity index (χ0n) is 18.7. The fourth-order valence-electron chi connectivity index (χ4n) is 3.12. The van der Waals surface area contributed by atoms with E-state index in [9.17, 15) is 5.11 Å². The Morgan fingerprint density at radius 3 is 2.50 bits per heavy atom. The van der Waals surface area contributed by atoms with Gasteiger partial charge in [0.15, 0.2) is 11.5 Å². The van der Waals surface area contributed by atoms with E-state index in [4.69, 9.17) is 14.2 Å². The predicted octanol–water partition coefficient (Wildman–Crippen LogP) is 3.69. The Labute approximate surface area is 192 Å². The molecule has 0 bridgehead atoms. The lowest BCUT2D eigenvalue weighted by Crippen LogP contribution is -2.18. The monoisotopic (exact) mass is 458 g/mol. The molecule has 1 unspecified atom stereocenters. The first-order valence-electron chi connectivity index (χ1n) is 10.6. The highest BCUT2D eigenvalue weighted by atomic mass is 32.2. The Morgan fingerprint density at radius 2 is 1.78 bits per heavy atom. The number of nitrogens with zero attached hydrogens (tertiary/aromatic N) is 4. The second kappa shape index (κ2) is 12.4. The summed E-state index contributed by atoms with van der Waals surface area (Å²) in [5.41, 5.74) is 3.14. The normalized spacial score (nSPS) is 12.0. The molecule has 3 rings (SSSR count). The molecule has 0 amide bonds. The number of hydrogen-bond donors (Lipinski definition) is 1. The number of aliphatic hydroxyl groups is 1. The summed E-state index contributed by atoms with van der Waals surface area (Å²) in [5, 5.41) is 22.9. The molecule has 0 radical (unpaired) electrons. The molecular formula is C23H30N4O4S. The molecule has 0 saturated heterocycles. The van der Waals surface area contributed by atoms with Crippen molar-refractivity contribution in [1.29, 1.82) is 0 Å². The van der Waals surface area contributed by atoms with Gasteiger partial charge in [-0.3, -0.25) is 0 Å². The van der Waals surface area contributed by atoms with Crippen molar-refractivity contribution in [3.8, 4) is 17.2 Å². The average molecular weight is 459 g/mol. The summed E-state index contributed by atoms with van der Waals surface area (Å²) in [6.07, 6.45) is 2.78. The van der Waals surface area contributed by atoms with Crippen LogP contribution in [0.5, 0.6) is 11.5 Å². The predicted molar refractivity (Wildman–Crippen MR) is 124 cm³/mol. The van der Waals surface area contributed by atoms with Crippen molar-refractivity contribution in [2.24, 2.45) is 0 Å². The van der Waals surface area contributed by atoms with Gasteiger partial charge in [0.1, 0.15) is 0 Å². The number of benzene rings is 2. The molecular weight excluding hydrogens is 428 g/mol. The number of aryl methyl sites for hydroxylation is 1. The molecule has 1 aromatic heterocycles. The van der Waals surface area contributed by atoms with Gasteiger partial charge in [-0.2, -0.15) is 4.68 Å². The van der Waals surface area contributed by atoms with E-state index < -0.39 is 6.10 Å². The Balaban J connectivity index is 1.47. The molecule has 1 heterocycles. The van der Waals surface area contributed by atoms with Gasteiger partial charge < -0.3 is 19.3 Å². The van der Waals surface area contributed by atoms with Crippen LogP contribution in [-0.2, 0) is 17.8 Å². The van der Waals surface area contributed by atoms with Gasteiger partial charge in [0.25, 0.3) is 0 Å². The van der Waals surface area contributed by atoms with Crippen molar-refractivity contribution in [2.75, 3.05) is 26.6 Å². The molecule has 3 aromatic rings. The number of unbranched alkanes of at least 4 members (excludes halogenated alkanes) is 1. The Bertz CT molecular complexity index is 965. The maximum atomic E-state index is 10.3. The first kappa shape index (κ1) is 24.0. The van der Waals surface area contributed by atoms with Crippen molar-refractivity contribution >= 4 is 11.8 Å². The molecule has 1 atom stereocenters. The van der Waals surface area contributed by atoms with Crippen LogP contribution in [0, 0.1) is 0 Å². The van der Waals surface area contributed by atoms with E-state index in [1.807, 2.05) is 30.3 Å². The molecule has 32 heavy (non-hydrogen) atoms. The fourth-order valence-corrected chi connectivity index (χ4v) is 3.91. The molecule has 2 aromatic carbocycles. The number of rotatable bonds is 13. The van der Waals surface area contributed by atoms with Gasteiger partial charge in [-0.05, 0) is 58.7 Å². The minimum Gasteiger partial charge on any atom is -0.493 e. The second-order valence-corrected chi connectivity index (χ2v) is 8.30. The third kappa shape index (κ3) is 6.69. The van der Waals surface area contributed by atoms with Crippen LogP contribution < -0.4 is 9.47 Å². The van der Waals surface area contributed by atoms with Crippen LogP contribution in [0.4, 0.5) is 0 Å².